The maximum absolute atomic E-state index is 13.0. The molecule has 4 aromatic carbocycles. The number of nitrogens with two attached hydrogens (primary N) is 1. The van der Waals surface area contributed by atoms with E-state index < -0.39 is 0 Å². The summed E-state index contributed by atoms with van der Waals surface area (Å²) in [4.78, 5) is 13.0. The second-order valence-electron chi connectivity index (χ2n) is 7.17. The molecule has 0 heterocycles. The van der Waals surface area contributed by atoms with Crippen molar-refractivity contribution in [1.29, 1.82) is 0 Å². The number of phenols is 2. The highest BCUT2D eigenvalue weighted by Crippen LogP contribution is 2.19. The Morgan fingerprint density at radius 1 is 0.625 bits per heavy atom. The standard InChI is InChI=1S/C25H22N4O3/c30-23-11-7-19(8-12-23)26-28-21-5-1-3-17(15-21)25(32)18-4-2-6-22(16-18)29-27-20-9-13-24(31)14-10-20/h1-16,26-31H/p+1. The lowest BCUT2D eigenvalue weighted by molar-refractivity contribution is -0.538. The van der Waals surface area contributed by atoms with Gasteiger partial charge in [-0.3, -0.25) is 4.79 Å². The van der Waals surface area contributed by atoms with Crippen LogP contribution in [0, 0.1) is 0 Å². The van der Waals surface area contributed by atoms with E-state index in [9.17, 15) is 15.0 Å². The van der Waals surface area contributed by atoms with Crippen molar-refractivity contribution in [2.24, 2.45) is 0 Å². The van der Waals surface area contributed by atoms with Crippen molar-refractivity contribution in [2.45, 2.75) is 0 Å². The van der Waals surface area contributed by atoms with Crippen LogP contribution in [0.25, 0.3) is 0 Å². The van der Waals surface area contributed by atoms with Crippen molar-refractivity contribution < 1.29 is 20.4 Å². The van der Waals surface area contributed by atoms with Crippen molar-refractivity contribution in [1.82, 2.24) is 0 Å². The molecular formula is C25H23N4O3+. The van der Waals surface area contributed by atoms with Gasteiger partial charge in [-0.05, 0) is 60.7 Å². The number of quaternary nitrogens is 1. The molecule has 160 valence electrons. The number of hydrazine groups is 1. The van der Waals surface area contributed by atoms with E-state index in [-0.39, 0.29) is 17.3 Å². The topological polar surface area (TPSA) is 110 Å². The molecule has 0 amide bonds. The fourth-order valence-electron chi connectivity index (χ4n) is 3.08. The highest BCUT2D eigenvalue weighted by atomic mass is 16.3. The van der Waals surface area contributed by atoms with E-state index in [2.05, 4.69) is 16.3 Å². The second-order valence-corrected chi connectivity index (χ2v) is 7.17. The maximum atomic E-state index is 13.0. The summed E-state index contributed by atoms with van der Waals surface area (Å²) in [5.74, 6) is 0.317. The number of hydrogen-bond acceptors (Lipinski definition) is 6. The molecule has 0 aromatic heterocycles. The number of phenolic OH excluding ortho intramolecular Hbond substituents is 2. The summed E-state index contributed by atoms with van der Waals surface area (Å²) in [6.07, 6.45) is 0. The number of carbonyl (C=O) groups excluding carboxylic acids is 1. The van der Waals surface area contributed by atoms with Crippen LogP contribution in [0.15, 0.2) is 97.1 Å². The predicted octanol–water partition coefficient (Wildman–Crippen LogP) is 3.99. The summed E-state index contributed by atoms with van der Waals surface area (Å²) in [6, 6.07) is 28.0. The molecule has 7 N–H and O–H groups in total. The Labute approximate surface area is 185 Å². The van der Waals surface area contributed by atoms with E-state index in [1.165, 1.54) is 0 Å². The van der Waals surface area contributed by atoms with Gasteiger partial charge in [0.2, 0.25) is 0 Å². The molecule has 4 aromatic rings. The number of hydrogen-bond donors (Lipinski definition) is 6. The van der Waals surface area contributed by atoms with Gasteiger partial charge in [0, 0.05) is 23.3 Å². The van der Waals surface area contributed by atoms with Gasteiger partial charge in [0.1, 0.15) is 11.5 Å². The number of ketones is 1. The van der Waals surface area contributed by atoms with Crippen LogP contribution in [-0.4, -0.2) is 16.0 Å². The Balaban J connectivity index is 1.42. The van der Waals surface area contributed by atoms with E-state index >= 15 is 0 Å². The molecule has 0 aliphatic heterocycles. The Morgan fingerprint density at radius 3 is 1.81 bits per heavy atom. The Bertz CT molecular complexity index is 1110. The third-order valence-electron chi connectivity index (χ3n) is 4.77. The molecule has 0 spiro atoms. The first kappa shape index (κ1) is 20.8. The molecule has 0 radical (unpaired) electrons. The van der Waals surface area contributed by atoms with E-state index in [0.717, 1.165) is 22.7 Å². The van der Waals surface area contributed by atoms with Crippen molar-refractivity contribution in [3.05, 3.63) is 108 Å². The first-order chi connectivity index (χ1) is 15.6. The number of aromatic hydroxyl groups is 2. The van der Waals surface area contributed by atoms with Gasteiger partial charge < -0.3 is 21.1 Å². The minimum absolute atomic E-state index is 0.0911. The highest BCUT2D eigenvalue weighted by Gasteiger charge is 2.11. The Morgan fingerprint density at radius 2 is 1.16 bits per heavy atom. The van der Waals surface area contributed by atoms with E-state index in [1.54, 1.807) is 72.8 Å². The van der Waals surface area contributed by atoms with Gasteiger partial charge in [0.25, 0.3) is 0 Å². The van der Waals surface area contributed by atoms with Crippen molar-refractivity contribution in [2.75, 3.05) is 16.3 Å². The minimum atomic E-state index is -0.0911. The van der Waals surface area contributed by atoms with Crippen LogP contribution in [0.1, 0.15) is 15.9 Å². The fraction of sp³-hybridized carbons (Fsp3) is 0. The lowest BCUT2D eigenvalue weighted by Crippen LogP contribution is -2.82. The summed E-state index contributed by atoms with van der Waals surface area (Å²) >= 11 is 0. The van der Waals surface area contributed by atoms with Crippen LogP contribution in [0.4, 0.5) is 22.7 Å². The van der Waals surface area contributed by atoms with Gasteiger partial charge in [0.15, 0.2) is 11.5 Å². The quantitative estimate of drug-likeness (QED) is 0.0834. The van der Waals surface area contributed by atoms with Crippen LogP contribution in [-0.2, 0) is 0 Å². The van der Waals surface area contributed by atoms with Gasteiger partial charge in [0.05, 0.1) is 17.1 Å². The molecule has 0 saturated heterocycles. The molecule has 7 nitrogen and oxygen atoms in total. The third-order valence-corrected chi connectivity index (χ3v) is 4.77. The molecule has 0 unspecified atom stereocenters. The molecule has 4 rings (SSSR count). The van der Waals surface area contributed by atoms with Gasteiger partial charge >= 0.3 is 0 Å². The normalized spacial score (nSPS) is 10.4. The average Bonchev–Trinajstić information content (AvgIpc) is 2.83. The number of nitrogens with one attached hydrogen (secondary N) is 3. The Hall–Kier alpha value is -4.49. The summed E-state index contributed by atoms with van der Waals surface area (Å²) in [5.41, 5.74) is 15.4. The summed E-state index contributed by atoms with van der Waals surface area (Å²) in [5, 5.41) is 18.7. The SMILES string of the molecule is O=C(c1cccc(NNc2ccc(O)cc2)c1)c1cccc(N[NH2+]c2ccc(O)cc2)c1. The first-order valence-electron chi connectivity index (χ1n) is 10.0. The van der Waals surface area contributed by atoms with Crippen LogP contribution in [0.5, 0.6) is 11.5 Å². The van der Waals surface area contributed by atoms with Crippen molar-refractivity contribution in [3.8, 4) is 11.5 Å². The third kappa shape index (κ3) is 5.35. The number of nitrogen functional groups attached to an aromatic ring is 1. The molecule has 7 heteroatoms. The van der Waals surface area contributed by atoms with Crippen molar-refractivity contribution >= 4 is 28.5 Å². The molecule has 0 saturated carbocycles. The van der Waals surface area contributed by atoms with Gasteiger partial charge in [-0.1, -0.05) is 24.3 Å². The highest BCUT2D eigenvalue weighted by molar-refractivity contribution is 6.09. The smallest absolute Gasteiger partial charge is 0.193 e. The Kier molecular flexibility index (Phi) is 6.20. The van der Waals surface area contributed by atoms with E-state index in [0.29, 0.717) is 11.1 Å². The number of carbonyl (C=O) groups is 1. The molecule has 0 aliphatic carbocycles. The number of rotatable bonds is 8. The number of anilines is 3. The van der Waals surface area contributed by atoms with Gasteiger partial charge in [-0.15, -0.1) is 0 Å². The zero-order valence-corrected chi connectivity index (χ0v) is 17.1. The molecular weight excluding hydrogens is 404 g/mol. The van der Waals surface area contributed by atoms with E-state index in [4.69, 9.17) is 0 Å². The molecule has 0 atom stereocenters. The maximum Gasteiger partial charge on any atom is 0.193 e. The van der Waals surface area contributed by atoms with Crippen LogP contribution in [0.2, 0.25) is 0 Å². The second kappa shape index (κ2) is 9.55. The molecule has 0 aliphatic rings. The van der Waals surface area contributed by atoms with Crippen molar-refractivity contribution in [3.63, 3.8) is 0 Å². The summed E-state index contributed by atoms with van der Waals surface area (Å²) in [6.45, 7) is 0. The lowest BCUT2D eigenvalue weighted by Gasteiger charge is -2.11. The summed E-state index contributed by atoms with van der Waals surface area (Å²) < 4.78 is 0. The summed E-state index contributed by atoms with van der Waals surface area (Å²) in [7, 11) is 0. The van der Waals surface area contributed by atoms with E-state index in [1.807, 2.05) is 29.7 Å². The van der Waals surface area contributed by atoms with Gasteiger partial charge in [-0.25, -0.2) is 10.9 Å². The monoisotopic (exact) mass is 427 g/mol. The van der Waals surface area contributed by atoms with Crippen LogP contribution in [0.3, 0.4) is 0 Å². The zero-order chi connectivity index (χ0) is 22.3. The molecule has 32 heavy (non-hydrogen) atoms. The lowest BCUT2D eigenvalue weighted by atomic mass is 10.0. The first-order valence-corrected chi connectivity index (χ1v) is 10.0. The average molecular weight is 427 g/mol. The molecule has 0 bridgehead atoms. The fourth-order valence-corrected chi connectivity index (χ4v) is 3.08. The molecule has 0 fully saturated rings. The predicted molar refractivity (Wildman–Crippen MR) is 125 cm³/mol. The minimum Gasteiger partial charge on any atom is -0.508 e. The van der Waals surface area contributed by atoms with Gasteiger partial charge in [-0.2, -0.15) is 0 Å². The largest absolute Gasteiger partial charge is 0.508 e. The van der Waals surface area contributed by atoms with Crippen LogP contribution >= 0.6 is 0 Å². The number of benzene rings is 4. The van der Waals surface area contributed by atoms with Crippen LogP contribution < -0.4 is 21.7 Å². The zero-order valence-electron chi connectivity index (χ0n) is 17.1.